The Kier molecular flexibility index (Phi) is 23.8. The van der Waals surface area contributed by atoms with E-state index in [0.717, 1.165) is 37.8 Å². The summed E-state index contributed by atoms with van der Waals surface area (Å²) >= 11 is 0. The number of benzene rings is 1. The second kappa shape index (κ2) is 25.7. The molecule has 2 aliphatic heterocycles. The van der Waals surface area contributed by atoms with Crippen molar-refractivity contribution in [2.75, 3.05) is 13.1 Å². The van der Waals surface area contributed by atoms with Crippen LogP contribution in [0.1, 0.15) is 126 Å². The highest BCUT2D eigenvalue weighted by atomic mass is 32.2. The first kappa shape index (κ1) is 51.7. The lowest BCUT2D eigenvalue weighted by atomic mass is 9.96. The highest BCUT2D eigenvalue weighted by molar-refractivity contribution is 7.84. The molecule has 4 N–H and O–H groups in total. The van der Waals surface area contributed by atoms with Gasteiger partial charge < -0.3 is 25.4 Å². The minimum atomic E-state index is -1.27. The third kappa shape index (κ3) is 21.7. The van der Waals surface area contributed by atoms with Gasteiger partial charge in [0.15, 0.2) is 5.78 Å². The standard InChI is InChI=1S/C12H22N2O3.C9H8FNO2.C9H16O.C8H14N2O3S.C2H6/c1-9-6-5-7-14(9)10(15)8-13-11(16)17-12(2,3)4;10-8-3-1-2-6-4-11(9(12)13)5-7(6)8;1-5-8(10)6-7-9(2,3)4;1-2-7(9-5-11)8(12)10-14(13)6-3-4-6;1-2/h9H,5-8H2,1-4H3,(H,13,16);1-3H,4-5H2,(H,12,13);6-7H,5H2,1-4H3;5-7H,2-4H2,1H3,(H,9,11)(H,10,12);1-2H3/b;;7-6+;;. The third-order valence-corrected chi connectivity index (χ3v) is 9.47. The zero-order valence-electron chi connectivity index (χ0n) is 35.2. The van der Waals surface area contributed by atoms with Gasteiger partial charge in [-0.15, -0.1) is 0 Å². The number of carbonyl (C=O) groups excluding carboxylic acids is 5. The fraction of sp³-hybridized carbons (Fsp3) is 0.650. The van der Waals surface area contributed by atoms with Crippen LogP contribution in [-0.2, 0) is 48.0 Å². The van der Waals surface area contributed by atoms with Gasteiger partial charge in [0.05, 0.1) is 11.8 Å². The number of carbonyl (C=O) groups is 6. The molecule has 14 nitrogen and oxygen atoms in total. The molecule has 0 bridgehead atoms. The Balaban J connectivity index is 0.000000720. The van der Waals surface area contributed by atoms with Crippen LogP contribution >= 0.6 is 0 Å². The third-order valence-electron chi connectivity index (χ3n) is 7.99. The van der Waals surface area contributed by atoms with E-state index in [1.165, 1.54) is 11.0 Å². The predicted molar refractivity (Wildman–Crippen MR) is 216 cm³/mol. The molecule has 3 atom stereocenters. The summed E-state index contributed by atoms with van der Waals surface area (Å²) in [6.45, 7) is 22.5. The first-order valence-corrected chi connectivity index (χ1v) is 20.5. The molecule has 0 radical (unpaired) electrons. The number of hydrogen-bond donors (Lipinski definition) is 4. The fourth-order valence-electron chi connectivity index (χ4n) is 4.84. The molecule has 4 rings (SSSR count). The van der Waals surface area contributed by atoms with Gasteiger partial charge in [0.1, 0.15) is 35.0 Å². The Morgan fingerprint density at radius 2 is 1.66 bits per heavy atom. The Morgan fingerprint density at radius 1 is 1.04 bits per heavy atom. The van der Waals surface area contributed by atoms with E-state index in [2.05, 4.69) is 36.1 Å². The number of rotatable bonds is 10. The minimum absolute atomic E-state index is 0.0131. The average molecular weight is 812 g/mol. The second-order valence-electron chi connectivity index (χ2n) is 15.2. The predicted octanol–water partition coefficient (Wildman–Crippen LogP) is 6.39. The molecular weight excluding hydrogens is 746 g/mol. The van der Waals surface area contributed by atoms with Crippen molar-refractivity contribution in [2.45, 2.75) is 151 Å². The van der Waals surface area contributed by atoms with Crippen molar-refractivity contribution in [3.8, 4) is 0 Å². The molecule has 1 aromatic rings. The topological polar surface area (TPSA) is 192 Å². The normalized spacial score (nSPS) is 16.7. The van der Waals surface area contributed by atoms with E-state index in [-0.39, 0.29) is 53.2 Å². The maximum Gasteiger partial charge on any atom is 0.408 e. The van der Waals surface area contributed by atoms with Gasteiger partial charge in [-0.05, 0) is 82.9 Å². The SMILES string of the molecule is CC.CC1CCCN1C(=O)CNC(=O)OC(C)(C)C.CCC(=O)/C=C/C(C)(C)C.CCC(NC=O)C(=O)NS(=O)C1CC1.O=C(O)N1Cc2cccc(F)c2C1. The Morgan fingerprint density at radius 3 is 2.11 bits per heavy atom. The average Bonchev–Trinajstić information content (AvgIpc) is 3.74. The van der Waals surface area contributed by atoms with Gasteiger partial charge in [0.2, 0.25) is 12.3 Å². The lowest BCUT2D eigenvalue weighted by Crippen LogP contribution is -2.44. The molecule has 0 aromatic heterocycles. The summed E-state index contributed by atoms with van der Waals surface area (Å²) in [6.07, 6.45) is 7.53. The summed E-state index contributed by atoms with van der Waals surface area (Å²) in [7, 11) is -1.27. The van der Waals surface area contributed by atoms with Crippen LogP contribution in [0, 0.1) is 11.2 Å². The summed E-state index contributed by atoms with van der Waals surface area (Å²) in [5, 5.41) is 13.7. The molecule has 0 spiro atoms. The Labute approximate surface area is 335 Å². The lowest BCUT2D eigenvalue weighted by molar-refractivity contribution is -0.130. The van der Waals surface area contributed by atoms with Gasteiger partial charge in [-0.3, -0.25) is 28.8 Å². The van der Waals surface area contributed by atoms with E-state index in [4.69, 9.17) is 9.84 Å². The highest BCUT2D eigenvalue weighted by Crippen LogP contribution is 2.25. The number of ether oxygens (including phenoxy) is 1. The lowest BCUT2D eigenvalue weighted by Gasteiger charge is -2.23. The first-order chi connectivity index (χ1) is 26.1. The number of nitrogens with one attached hydrogen (secondary N) is 3. The number of nitrogens with zero attached hydrogens (tertiary/aromatic N) is 2. The van der Waals surface area contributed by atoms with Crippen LogP contribution < -0.4 is 15.4 Å². The van der Waals surface area contributed by atoms with Gasteiger partial charge in [-0.25, -0.2) is 18.2 Å². The zero-order chi connectivity index (χ0) is 43.2. The second-order valence-corrected chi connectivity index (χ2v) is 16.6. The maximum absolute atomic E-state index is 13.1. The van der Waals surface area contributed by atoms with Crippen LogP contribution in [0.2, 0.25) is 0 Å². The van der Waals surface area contributed by atoms with E-state index in [1.54, 1.807) is 50.8 Å². The molecule has 3 aliphatic rings. The number of fused-ring (bicyclic) bond motifs is 1. The number of carboxylic acid groups (broad SMARTS) is 1. The zero-order valence-corrected chi connectivity index (χ0v) is 36.0. The van der Waals surface area contributed by atoms with Crippen molar-refractivity contribution in [1.82, 2.24) is 25.2 Å². The number of allylic oxidation sites excluding steroid dienone is 2. The van der Waals surface area contributed by atoms with E-state index < -0.39 is 34.8 Å². The van der Waals surface area contributed by atoms with E-state index >= 15 is 0 Å². The van der Waals surface area contributed by atoms with Gasteiger partial charge in [-0.1, -0.05) is 66.7 Å². The van der Waals surface area contributed by atoms with Crippen molar-refractivity contribution >= 4 is 47.2 Å². The molecular formula is C40H66FN5O9S. The van der Waals surface area contributed by atoms with Crippen LogP contribution in [0.5, 0.6) is 0 Å². The van der Waals surface area contributed by atoms with Crippen LogP contribution in [0.15, 0.2) is 30.4 Å². The molecule has 1 aromatic carbocycles. The molecule has 1 aliphatic carbocycles. The summed E-state index contributed by atoms with van der Waals surface area (Å²) in [5.41, 5.74) is 0.867. The van der Waals surface area contributed by atoms with Gasteiger partial charge >= 0.3 is 12.2 Å². The Hall–Kier alpha value is -4.34. The first-order valence-electron chi connectivity index (χ1n) is 19.3. The Bertz CT molecular complexity index is 1490. The maximum atomic E-state index is 13.1. The molecule has 5 amide bonds. The smallest absolute Gasteiger partial charge is 0.408 e. The molecule has 16 heteroatoms. The van der Waals surface area contributed by atoms with Crippen LogP contribution in [0.3, 0.4) is 0 Å². The highest BCUT2D eigenvalue weighted by Gasteiger charge is 2.31. The summed E-state index contributed by atoms with van der Waals surface area (Å²) < 4.78 is 31.9. The van der Waals surface area contributed by atoms with Gasteiger partial charge in [-0.2, -0.15) is 0 Å². The quantitative estimate of drug-likeness (QED) is 0.153. The van der Waals surface area contributed by atoms with Crippen LogP contribution in [0.4, 0.5) is 14.0 Å². The number of halogens is 1. The van der Waals surface area contributed by atoms with E-state index in [9.17, 15) is 37.4 Å². The van der Waals surface area contributed by atoms with E-state index in [1.807, 2.05) is 33.8 Å². The summed E-state index contributed by atoms with van der Waals surface area (Å²) in [6, 6.07) is 4.41. The summed E-state index contributed by atoms with van der Waals surface area (Å²) in [4.78, 5) is 69.0. The van der Waals surface area contributed by atoms with Crippen LogP contribution in [-0.4, -0.2) is 91.3 Å². The van der Waals surface area contributed by atoms with Crippen molar-refractivity contribution in [2.24, 2.45) is 5.41 Å². The monoisotopic (exact) mass is 811 g/mol. The summed E-state index contributed by atoms with van der Waals surface area (Å²) in [5.74, 6) is -0.526. The van der Waals surface area contributed by atoms with Gasteiger partial charge in [0, 0.05) is 31.1 Å². The van der Waals surface area contributed by atoms with Crippen molar-refractivity contribution in [3.63, 3.8) is 0 Å². The number of ketones is 1. The molecule has 2 heterocycles. The molecule has 2 fully saturated rings. The largest absolute Gasteiger partial charge is 0.465 e. The van der Waals surface area contributed by atoms with Crippen molar-refractivity contribution < 1.29 is 47.2 Å². The van der Waals surface area contributed by atoms with Crippen molar-refractivity contribution in [1.29, 1.82) is 0 Å². The fourth-order valence-corrected chi connectivity index (χ4v) is 5.91. The van der Waals surface area contributed by atoms with Crippen molar-refractivity contribution in [3.05, 3.63) is 47.3 Å². The molecule has 318 valence electrons. The molecule has 1 saturated carbocycles. The minimum Gasteiger partial charge on any atom is -0.465 e. The number of hydrogen-bond acceptors (Lipinski definition) is 8. The molecule has 56 heavy (non-hydrogen) atoms. The van der Waals surface area contributed by atoms with Crippen LogP contribution in [0.25, 0.3) is 0 Å². The molecule has 3 unspecified atom stereocenters. The number of amides is 5. The van der Waals surface area contributed by atoms with E-state index in [0.29, 0.717) is 31.4 Å². The number of alkyl carbamates (subject to hydrolysis) is 1. The number of likely N-dealkylation sites (tertiary alicyclic amines) is 1. The molecule has 1 saturated heterocycles. The van der Waals surface area contributed by atoms with Gasteiger partial charge in [0.25, 0.3) is 5.91 Å².